The summed E-state index contributed by atoms with van der Waals surface area (Å²) >= 11 is 0. The molecule has 0 saturated heterocycles. The van der Waals surface area contributed by atoms with E-state index < -0.39 is 5.97 Å². The molecule has 0 bridgehead atoms. The van der Waals surface area contributed by atoms with Crippen LogP contribution in [0.15, 0.2) is 24.8 Å². The van der Waals surface area contributed by atoms with Crippen LogP contribution < -0.4 is 0 Å². The first-order chi connectivity index (χ1) is 9.86. The van der Waals surface area contributed by atoms with Gasteiger partial charge in [-0.2, -0.15) is 5.10 Å². The van der Waals surface area contributed by atoms with Crippen molar-refractivity contribution in [1.82, 2.24) is 9.78 Å². The lowest BCUT2D eigenvalue weighted by atomic mass is 9.92. The van der Waals surface area contributed by atoms with Crippen LogP contribution in [0.2, 0.25) is 0 Å². The summed E-state index contributed by atoms with van der Waals surface area (Å²) in [5.41, 5.74) is 6.56. The summed E-state index contributed by atoms with van der Waals surface area (Å²) in [5.74, 6) is -0.977. The van der Waals surface area contributed by atoms with E-state index in [1.54, 1.807) is 12.1 Å². The van der Waals surface area contributed by atoms with Gasteiger partial charge < -0.3 is 5.11 Å². The molecule has 0 radical (unpaired) electrons. The Kier molecular flexibility index (Phi) is 3.98. The minimum absolute atomic E-state index is 0.183. The molecule has 2 aromatic rings. The Morgan fingerprint density at radius 1 is 1.24 bits per heavy atom. The molecule has 0 aliphatic rings. The molecule has 4 nitrogen and oxygen atoms in total. The summed E-state index contributed by atoms with van der Waals surface area (Å²) in [5, 5.41) is 13.8. The smallest absolute Gasteiger partial charge is 0.354 e. The van der Waals surface area contributed by atoms with Gasteiger partial charge in [-0.05, 0) is 56.0 Å². The Hall–Kier alpha value is -2.36. The van der Waals surface area contributed by atoms with E-state index in [2.05, 4.69) is 31.6 Å². The monoisotopic (exact) mass is 284 g/mol. The number of carboxylic acids is 1. The summed E-state index contributed by atoms with van der Waals surface area (Å²) in [6.07, 6.45) is 1.64. The molecule has 2 rings (SSSR count). The number of carbonyl (C=O) groups is 1. The summed E-state index contributed by atoms with van der Waals surface area (Å²) in [6.45, 7) is 12.2. The molecule has 0 fully saturated rings. The molecule has 21 heavy (non-hydrogen) atoms. The van der Waals surface area contributed by atoms with Crippen molar-refractivity contribution >= 4 is 5.97 Å². The number of nitrogens with zero attached hydrogens (tertiary/aromatic N) is 2. The molecule has 0 aliphatic heterocycles. The second kappa shape index (κ2) is 5.56. The molecule has 0 atom stereocenters. The van der Waals surface area contributed by atoms with Crippen LogP contribution in [0.1, 0.15) is 32.7 Å². The first-order valence-corrected chi connectivity index (χ1v) is 6.86. The minimum atomic E-state index is -0.977. The van der Waals surface area contributed by atoms with Crippen LogP contribution in [0.4, 0.5) is 0 Å². The SMILES string of the molecule is C=CCn1nc(-c2c(C)c(C)cc(C)c2C)cc1C(=O)O. The number of allylic oxidation sites excluding steroid dienone is 1. The third-order valence-electron chi connectivity index (χ3n) is 3.92. The van der Waals surface area contributed by atoms with Crippen LogP contribution in [0.5, 0.6) is 0 Å². The molecule has 0 amide bonds. The second-order valence-electron chi connectivity index (χ2n) is 5.33. The average Bonchev–Trinajstić information content (AvgIpc) is 2.81. The number of aromatic carboxylic acids is 1. The van der Waals surface area contributed by atoms with E-state index in [0.717, 1.165) is 16.7 Å². The van der Waals surface area contributed by atoms with Crippen LogP contribution >= 0.6 is 0 Å². The van der Waals surface area contributed by atoms with Crippen molar-refractivity contribution in [2.45, 2.75) is 34.2 Å². The van der Waals surface area contributed by atoms with Gasteiger partial charge in [0.05, 0.1) is 12.2 Å². The fourth-order valence-corrected chi connectivity index (χ4v) is 2.57. The summed E-state index contributed by atoms with van der Waals surface area (Å²) in [7, 11) is 0. The van der Waals surface area contributed by atoms with Gasteiger partial charge in [0.25, 0.3) is 0 Å². The Balaban J connectivity index is 2.71. The van der Waals surface area contributed by atoms with Gasteiger partial charge in [-0.1, -0.05) is 12.1 Å². The van der Waals surface area contributed by atoms with Crippen LogP contribution in [-0.4, -0.2) is 20.9 Å². The largest absolute Gasteiger partial charge is 0.477 e. The van der Waals surface area contributed by atoms with Crippen LogP contribution in [0.3, 0.4) is 0 Å². The molecule has 1 aromatic heterocycles. The van der Waals surface area contributed by atoms with Gasteiger partial charge in [0, 0.05) is 5.56 Å². The first-order valence-electron chi connectivity index (χ1n) is 6.86. The zero-order valence-corrected chi connectivity index (χ0v) is 12.9. The fourth-order valence-electron chi connectivity index (χ4n) is 2.57. The lowest BCUT2D eigenvalue weighted by molar-refractivity contribution is 0.0684. The van der Waals surface area contributed by atoms with E-state index in [4.69, 9.17) is 0 Å². The molecule has 0 aliphatic carbocycles. The van der Waals surface area contributed by atoms with Crippen LogP contribution in [0.25, 0.3) is 11.3 Å². The number of aryl methyl sites for hydroxylation is 2. The topological polar surface area (TPSA) is 55.1 Å². The molecule has 1 heterocycles. The van der Waals surface area contributed by atoms with Gasteiger partial charge in [0.1, 0.15) is 5.69 Å². The molecule has 4 heteroatoms. The Morgan fingerprint density at radius 2 is 1.81 bits per heavy atom. The van der Waals surface area contributed by atoms with Crippen molar-refractivity contribution in [3.8, 4) is 11.3 Å². The van der Waals surface area contributed by atoms with Gasteiger partial charge >= 0.3 is 5.97 Å². The first kappa shape index (κ1) is 15.0. The number of rotatable bonds is 4. The highest BCUT2D eigenvalue weighted by Gasteiger charge is 2.18. The highest BCUT2D eigenvalue weighted by molar-refractivity contribution is 5.88. The number of carboxylic acid groups (broad SMARTS) is 1. The molecule has 0 spiro atoms. The quantitative estimate of drug-likeness (QED) is 0.872. The number of hydrogen-bond acceptors (Lipinski definition) is 2. The lowest BCUT2D eigenvalue weighted by Crippen LogP contribution is -2.08. The molecule has 110 valence electrons. The normalized spacial score (nSPS) is 10.7. The number of benzene rings is 1. The molecule has 1 N–H and O–H groups in total. The maximum atomic E-state index is 11.3. The van der Waals surface area contributed by atoms with Crippen molar-refractivity contribution in [2.75, 3.05) is 0 Å². The number of aromatic nitrogens is 2. The van der Waals surface area contributed by atoms with E-state index in [9.17, 15) is 9.90 Å². The summed E-state index contributed by atoms with van der Waals surface area (Å²) in [4.78, 5) is 11.3. The van der Waals surface area contributed by atoms with Crippen molar-refractivity contribution in [3.63, 3.8) is 0 Å². The molecular weight excluding hydrogens is 264 g/mol. The summed E-state index contributed by atoms with van der Waals surface area (Å²) in [6, 6.07) is 3.78. The van der Waals surface area contributed by atoms with Crippen molar-refractivity contribution in [2.24, 2.45) is 0 Å². The van der Waals surface area contributed by atoms with E-state index in [1.807, 2.05) is 13.8 Å². The Labute approximate surface area is 124 Å². The van der Waals surface area contributed by atoms with Gasteiger partial charge in [0.2, 0.25) is 0 Å². The van der Waals surface area contributed by atoms with Gasteiger partial charge in [-0.15, -0.1) is 6.58 Å². The molecule has 0 saturated carbocycles. The van der Waals surface area contributed by atoms with E-state index in [1.165, 1.54) is 15.8 Å². The van der Waals surface area contributed by atoms with E-state index >= 15 is 0 Å². The maximum Gasteiger partial charge on any atom is 0.354 e. The van der Waals surface area contributed by atoms with Gasteiger partial charge in [-0.25, -0.2) is 4.79 Å². The van der Waals surface area contributed by atoms with Crippen LogP contribution in [0, 0.1) is 27.7 Å². The predicted molar refractivity (Wildman–Crippen MR) is 83.8 cm³/mol. The standard InChI is InChI=1S/C17H20N2O2/c1-6-7-19-15(17(20)21)9-14(18-19)16-12(4)10(2)8-11(3)13(16)5/h6,8-9H,1,7H2,2-5H3,(H,20,21). The molecule has 1 aromatic carbocycles. The van der Waals surface area contributed by atoms with Gasteiger partial charge in [0.15, 0.2) is 0 Å². The maximum absolute atomic E-state index is 11.3. The van der Waals surface area contributed by atoms with Crippen molar-refractivity contribution < 1.29 is 9.90 Å². The molecular formula is C17H20N2O2. The Morgan fingerprint density at radius 3 is 2.29 bits per heavy atom. The molecule has 0 unspecified atom stereocenters. The Bertz CT molecular complexity index is 701. The highest BCUT2D eigenvalue weighted by atomic mass is 16.4. The third kappa shape index (κ3) is 2.61. The van der Waals surface area contributed by atoms with E-state index in [0.29, 0.717) is 12.2 Å². The fraction of sp³-hybridized carbons (Fsp3) is 0.294. The van der Waals surface area contributed by atoms with Crippen molar-refractivity contribution in [3.05, 3.63) is 52.7 Å². The van der Waals surface area contributed by atoms with Gasteiger partial charge in [-0.3, -0.25) is 4.68 Å². The number of hydrogen-bond donors (Lipinski definition) is 1. The zero-order chi connectivity index (χ0) is 15.7. The second-order valence-corrected chi connectivity index (χ2v) is 5.33. The lowest BCUT2D eigenvalue weighted by Gasteiger charge is -2.13. The van der Waals surface area contributed by atoms with E-state index in [-0.39, 0.29) is 5.69 Å². The average molecular weight is 284 g/mol. The summed E-state index contributed by atoms with van der Waals surface area (Å²) < 4.78 is 1.47. The minimum Gasteiger partial charge on any atom is -0.477 e. The zero-order valence-electron chi connectivity index (χ0n) is 12.9. The van der Waals surface area contributed by atoms with Crippen molar-refractivity contribution in [1.29, 1.82) is 0 Å². The third-order valence-corrected chi connectivity index (χ3v) is 3.92. The highest BCUT2D eigenvalue weighted by Crippen LogP contribution is 2.31. The predicted octanol–water partition coefficient (Wildman–Crippen LogP) is 3.67. The van der Waals surface area contributed by atoms with Crippen LogP contribution in [-0.2, 0) is 6.54 Å².